The molecule has 0 saturated heterocycles. The van der Waals surface area contributed by atoms with E-state index in [-0.39, 0.29) is 11.6 Å². The summed E-state index contributed by atoms with van der Waals surface area (Å²) in [6.45, 7) is 5.15. The van der Waals surface area contributed by atoms with Crippen LogP contribution in [0.4, 0.5) is 0 Å². The molecule has 1 aliphatic carbocycles. The van der Waals surface area contributed by atoms with E-state index in [1.807, 2.05) is 6.92 Å². The van der Waals surface area contributed by atoms with Crippen molar-refractivity contribution in [3.63, 3.8) is 0 Å². The van der Waals surface area contributed by atoms with Gasteiger partial charge in [-0.2, -0.15) is 0 Å². The Bertz CT molecular complexity index is 865. The highest BCUT2D eigenvalue weighted by Crippen LogP contribution is 2.30. The Kier molecular flexibility index (Phi) is 3.71. The van der Waals surface area contributed by atoms with Crippen LogP contribution in [0.1, 0.15) is 40.7 Å². The van der Waals surface area contributed by atoms with E-state index in [4.69, 9.17) is 0 Å². The van der Waals surface area contributed by atoms with E-state index in [1.54, 1.807) is 6.92 Å². The van der Waals surface area contributed by atoms with Gasteiger partial charge in [0.15, 0.2) is 4.96 Å². The van der Waals surface area contributed by atoms with Crippen LogP contribution in [0.15, 0.2) is 11.0 Å². The number of rotatable bonds is 4. The fourth-order valence-corrected chi connectivity index (χ4v) is 3.52. The molecule has 0 spiro atoms. The molecular formula is C15H17N3O4S. The minimum atomic E-state index is -1.08. The second-order valence-corrected chi connectivity index (χ2v) is 6.98. The maximum Gasteiger partial charge on any atom is 0.326 e. The van der Waals surface area contributed by atoms with Crippen LogP contribution in [0, 0.1) is 13.8 Å². The summed E-state index contributed by atoms with van der Waals surface area (Å²) in [6, 6.07) is -1.08. The van der Waals surface area contributed by atoms with Crippen molar-refractivity contribution in [1.82, 2.24) is 14.3 Å². The van der Waals surface area contributed by atoms with E-state index in [9.17, 15) is 19.5 Å². The van der Waals surface area contributed by atoms with Crippen molar-refractivity contribution in [2.45, 2.75) is 45.7 Å². The van der Waals surface area contributed by atoms with Gasteiger partial charge in [0, 0.05) is 22.8 Å². The first kappa shape index (κ1) is 15.7. The molecule has 1 atom stereocenters. The fourth-order valence-electron chi connectivity index (χ4n) is 2.59. The van der Waals surface area contributed by atoms with E-state index < -0.39 is 23.5 Å². The molecule has 2 heterocycles. The van der Waals surface area contributed by atoms with Crippen molar-refractivity contribution in [2.75, 3.05) is 0 Å². The third kappa shape index (κ3) is 2.52. The van der Waals surface area contributed by atoms with Crippen molar-refractivity contribution < 1.29 is 14.7 Å². The lowest BCUT2D eigenvalue weighted by Crippen LogP contribution is -2.46. The number of nitrogens with zero attached hydrogens (tertiary/aromatic N) is 3. The molecule has 0 radical (unpaired) electrons. The lowest BCUT2D eigenvalue weighted by Gasteiger charge is -2.26. The molecule has 0 aromatic carbocycles. The Morgan fingerprint density at radius 3 is 2.65 bits per heavy atom. The number of fused-ring (bicyclic) bond motifs is 1. The molecule has 7 nitrogen and oxygen atoms in total. The van der Waals surface area contributed by atoms with Gasteiger partial charge in [-0.1, -0.05) is 0 Å². The molecule has 1 fully saturated rings. The largest absolute Gasteiger partial charge is 0.480 e. The van der Waals surface area contributed by atoms with Gasteiger partial charge in [0.1, 0.15) is 11.6 Å². The number of carboxylic acids is 1. The molecular weight excluding hydrogens is 318 g/mol. The third-order valence-electron chi connectivity index (χ3n) is 4.20. The summed E-state index contributed by atoms with van der Waals surface area (Å²) in [7, 11) is 0. The quantitative estimate of drug-likeness (QED) is 0.913. The molecule has 1 unspecified atom stereocenters. The molecule has 2 aromatic rings. The lowest BCUT2D eigenvalue weighted by atomic mass is 10.2. The fraction of sp³-hybridized carbons (Fsp3) is 0.467. The van der Waals surface area contributed by atoms with Gasteiger partial charge >= 0.3 is 5.97 Å². The average Bonchev–Trinajstić information content (AvgIpc) is 3.26. The van der Waals surface area contributed by atoms with Crippen LogP contribution in [0.2, 0.25) is 0 Å². The summed E-state index contributed by atoms with van der Waals surface area (Å²) >= 11 is 1.38. The molecule has 8 heteroatoms. The highest BCUT2D eigenvalue weighted by atomic mass is 32.1. The standard InChI is InChI=1S/C15H17N3O4S/c1-7-9(3)23-15-16-6-11(13(20)18(7)15)12(19)17(10-4-5-10)8(2)14(21)22/h6,8,10H,4-5H2,1-3H3,(H,21,22). The minimum absolute atomic E-state index is 0.0802. The highest BCUT2D eigenvalue weighted by molar-refractivity contribution is 7.17. The zero-order chi connectivity index (χ0) is 16.9. The second-order valence-electron chi connectivity index (χ2n) is 5.80. The molecule has 0 aliphatic heterocycles. The van der Waals surface area contributed by atoms with Gasteiger partial charge in [-0.15, -0.1) is 11.3 Å². The van der Waals surface area contributed by atoms with Crippen LogP contribution in [-0.4, -0.2) is 43.4 Å². The first-order valence-corrected chi connectivity index (χ1v) is 8.17. The SMILES string of the molecule is Cc1sc2ncc(C(=O)N(C3CC3)C(C)C(=O)O)c(=O)n2c1C. The van der Waals surface area contributed by atoms with E-state index in [2.05, 4.69) is 4.98 Å². The Morgan fingerprint density at radius 1 is 1.43 bits per heavy atom. The lowest BCUT2D eigenvalue weighted by molar-refractivity contribution is -0.141. The number of hydrogen-bond donors (Lipinski definition) is 1. The molecule has 3 rings (SSSR count). The van der Waals surface area contributed by atoms with Gasteiger partial charge in [-0.05, 0) is 33.6 Å². The van der Waals surface area contributed by atoms with Crippen LogP contribution >= 0.6 is 11.3 Å². The number of thiazole rings is 1. The number of carbonyl (C=O) groups is 2. The van der Waals surface area contributed by atoms with Crippen molar-refractivity contribution in [3.05, 3.63) is 32.7 Å². The number of aromatic nitrogens is 2. The predicted octanol–water partition coefficient (Wildman–Crippen LogP) is 1.45. The maximum atomic E-state index is 12.8. The van der Waals surface area contributed by atoms with Crippen LogP contribution in [0.3, 0.4) is 0 Å². The first-order chi connectivity index (χ1) is 10.8. The zero-order valence-electron chi connectivity index (χ0n) is 13.1. The number of aliphatic carboxylic acids is 1. The number of carboxylic acid groups (broad SMARTS) is 1. The van der Waals surface area contributed by atoms with Crippen molar-refractivity contribution in [3.8, 4) is 0 Å². The minimum Gasteiger partial charge on any atom is -0.480 e. The summed E-state index contributed by atoms with van der Waals surface area (Å²) in [5.41, 5.74) is 0.231. The van der Waals surface area contributed by atoms with E-state index in [0.717, 1.165) is 23.4 Å². The summed E-state index contributed by atoms with van der Waals surface area (Å²) in [4.78, 5) is 43.7. The topological polar surface area (TPSA) is 92.0 Å². The smallest absolute Gasteiger partial charge is 0.326 e. The Hall–Kier alpha value is -2.22. The zero-order valence-corrected chi connectivity index (χ0v) is 13.9. The second kappa shape index (κ2) is 5.45. The van der Waals surface area contributed by atoms with Crippen LogP contribution in [0.25, 0.3) is 4.96 Å². The highest BCUT2D eigenvalue weighted by Gasteiger charge is 2.39. The van der Waals surface area contributed by atoms with E-state index >= 15 is 0 Å². The van der Waals surface area contributed by atoms with E-state index in [1.165, 1.54) is 33.8 Å². The molecule has 1 aliphatic rings. The molecule has 1 saturated carbocycles. The van der Waals surface area contributed by atoms with Gasteiger partial charge < -0.3 is 10.0 Å². The summed E-state index contributed by atoms with van der Waals surface area (Å²) in [6.07, 6.45) is 2.78. The molecule has 1 amide bonds. The van der Waals surface area contributed by atoms with Crippen molar-refractivity contribution >= 4 is 28.2 Å². The van der Waals surface area contributed by atoms with Gasteiger partial charge in [0.25, 0.3) is 11.5 Å². The number of carbonyl (C=O) groups excluding carboxylic acids is 1. The Labute approximate surface area is 136 Å². The van der Waals surface area contributed by atoms with Crippen LogP contribution in [-0.2, 0) is 4.79 Å². The Balaban J connectivity index is 2.10. The van der Waals surface area contributed by atoms with Gasteiger partial charge in [-0.3, -0.25) is 14.0 Å². The number of hydrogen-bond acceptors (Lipinski definition) is 5. The summed E-state index contributed by atoms with van der Waals surface area (Å²) in [5, 5.41) is 9.22. The average molecular weight is 335 g/mol. The summed E-state index contributed by atoms with van der Waals surface area (Å²) < 4.78 is 1.42. The molecule has 23 heavy (non-hydrogen) atoms. The van der Waals surface area contributed by atoms with Gasteiger partial charge in [0.2, 0.25) is 0 Å². The van der Waals surface area contributed by atoms with Gasteiger partial charge in [0.05, 0.1) is 0 Å². The number of amides is 1. The predicted molar refractivity (Wildman–Crippen MR) is 85.1 cm³/mol. The molecule has 2 aromatic heterocycles. The monoisotopic (exact) mass is 335 g/mol. The maximum absolute atomic E-state index is 12.8. The summed E-state index contributed by atoms with van der Waals surface area (Å²) in [5.74, 6) is -1.64. The number of aryl methyl sites for hydroxylation is 2. The Morgan fingerprint density at radius 2 is 2.09 bits per heavy atom. The third-order valence-corrected chi connectivity index (χ3v) is 5.27. The normalized spacial score (nSPS) is 15.6. The van der Waals surface area contributed by atoms with Crippen molar-refractivity contribution in [2.24, 2.45) is 0 Å². The van der Waals surface area contributed by atoms with Crippen LogP contribution in [0.5, 0.6) is 0 Å². The first-order valence-electron chi connectivity index (χ1n) is 7.36. The van der Waals surface area contributed by atoms with E-state index in [0.29, 0.717) is 4.96 Å². The molecule has 122 valence electrons. The van der Waals surface area contributed by atoms with Crippen molar-refractivity contribution in [1.29, 1.82) is 0 Å². The molecule has 1 N–H and O–H groups in total. The van der Waals surface area contributed by atoms with Gasteiger partial charge in [-0.25, -0.2) is 9.78 Å². The van der Waals surface area contributed by atoms with Crippen LogP contribution < -0.4 is 5.56 Å². The molecule has 0 bridgehead atoms.